The molecular weight excluding hydrogens is 493 g/mol. The molecule has 5 rings (SSSR count). The number of aliphatic hydroxyl groups is 1. The van der Waals surface area contributed by atoms with E-state index in [2.05, 4.69) is 25.7 Å². The number of aliphatic hydroxyl groups excluding tert-OH is 1. The molecule has 1 fully saturated rings. The van der Waals surface area contributed by atoms with Crippen molar-refractivity contribution in [3.63, 3.8) is 0 Å². The van der Waals surface area contributed by atoms with Crippen LogP contribution in [0.3, 0.4) is 0 Å². The first-order chi connectivity index (χ1) is 17.7. The number of halogens is 3. The molecule has 3 aromatic heterocycles. The van der Waals surface area contributed by atoms with Crippen LogP contribution in [0.2, 0.25) is 0 Å². The summed E-state index contributed by atoms with van der Waals surface area (Å²) >= 11 is 0. The molecule has 0 saturated carbocycles. The number of carbonyl (C=O) groups excluding carboxylic acids is 1. The Bertz CT molecular complexity index is 1450. The topological polar surface area (TPSA) is 123 Å². The number of alkyl halides is 3. The Kier molecular flexibility index (Phi) is 6.35. The lowest BCUT2D eigenvalue weighted by Gasteiger charge is -2.38. The lowest BCUT2D eigenvalue weighted by atomic mass is 10.0. The third-order valence-corrected chi connectivity index (χ3v) is 6.31. The number of nitrogens with zero attached hydrogens (tertiary/aromatic N) is 7. The number of hydrogen-bond acceptors (Lipinski definition) is 8. The number of rotatable bonds is 7. The Hall–Kier alpha value is -3.94. The molecule has 0 bridgehead atoms. The van der Waals surface area contributed by atoms with Crippen molar-refractivity contribution in [2.24, 2.45) is 0 Å². The highest BCUT2D eigenvalue weighted by atomic mass is 19.3. The van der Waals surface area contributed by atoms with Crippen molar-refractivity contribution in [3.8, 4) is 17.0 Å². The standard InChI is InChI=1S/C23H25F3N8O3/c1-13(24)10-34-17-9-14(3-4-16(17)29-31-34)15-5-8-33-20(15)21(37-2)28-22(30-33)27-18-6-7-32(19(36)11-35)12-23(18,25)26/h3-5,8-9,13,18,35H,6-7,10-12H2,1-2H3,(H,27,30)/t13-,18-/m1/s1. The largest absolute Gasteiger partial charge is 0.479 e. The van der Waals surface area contributed by atoms with Gasteiger partial charge in [0, 0.05) is 18.3 Å². The predicted octanol–water partition coefficient (Wildman–Crippen LogP) is 2.15. The number of nitrogens with one attached hydrogen (secondary N) is 1. The molecule has 4 aromatic rings. The summed E-state index contributed by atoms with van der Waals surface area (Å²) in [4.78, 5) is 16.9. The molecule has 196 valence electrons. The quantitative estimate of drug-likeness (QED) is 0.382. The van der Waals surface area contributed by atoms with Crippen molar-refractivity contribution >= 4 is 28.4 Å². The Labute approximate surface area is 208 Å². The first-order valence-electron chi connectivity index (χ1n) is 11.6. The number of methoxy groups -OCH3 is 1. The molecule has 2 atom stereocenters. The molecule has 14 heteroatoms. The van der Waals surface area contributed by atoms with Gasteiger partial charge in [0.05, 0.1) is 31.8 Å². The van der Waals surface area contributed by atoms with E-state index < -0.39 is 37.2 Å². The number of ether oxygens (including phenoxy) is 1. The fraction of sp³-hybridized carbons (Fsp3) is 0.435. The number of benzene rings is 1. The molecule has 1 aliphatic heterocycles. The first kappa shape index (κ1) is 24.7. The highest BCUT2D eigenvalue weighted by molar-refractivity contribution is 5.89. The monoisotopic (exact) mass is 518 g/mol. The molecule has 2 N–H and O–H groups in total. The van der Waals surface area contributed by atoms with Crippen molar-refractivity contribution in [1.82, 2.24) is 34.5 Å². The molecule has 11 nitrogen and oxygen atoms in total. The maximum atomic E-state index is 14.8. The van der Waals surface area contributed by atoms with Crippen molar-refractivity contribution in [2.75, 3.05) is 32.1 Å². The van der Waals surface area contributed by atoms with Crippen LogP contribution in [-0.4, -0.2) is 90.4 Å². The van der Waals surface area contributed by atoms with Crippen molar-refractivity contribution in [3.05, 3.63) is 30.5 Å². The zero-order chi connectivity index (χ0) is 26.3. The van der Waals surface area contributed by atoms with Gasteiger partial charge >= 0.3 is 0 Å². The number of piperidine rings is 1. The maximum Gasteiger partial charge on any atom is 0.285 e. The zero-order valence-electron chi connectivity index (χ0n) is 20.1. The summed E-state index contributed by atoms with van der Waals surface area (Å²) in [5, 5.41) is 24.1. The predicted molar refractivity (Wildman–Crippen MR) is 127 cm³/mol. The molecule has 0 unspecified atom stereocenters. The number of fused-ring (bicyclic) bond motifs is 2. The number of carbonyl (C=O) groups is 1. The van der Waals surface area contributed by atoms with E-state index in [0.29, 0.717) is 22.1 Å². The van der Waals surface area contributed by atoms with E-state index in [0.717, 1.165) is 10.5 Å². The van der Waals surface area contributed by atoms with Gasteiger partial charge in [0.25, 0.3) is 5.92 Å². The van der Waals surface area contributed by atoms with Gasteiger partial charge in [-0.1, -0.05) is 11.3 Å². The third kappa shape index (κ3) is 4.63. The summed E-state index contributed by atoms with van der Waals surface area (Å²) < 4.78 is 51.6. The number of anilines is 1. The van der Waals surface area contributed by atoms with Gasteiger partial charge in [-0.25, -0.2) is 22.4 Å². The van der Waals surface area contributed by atoms with Crippen LogP contribution in [-0.2, 0) is 11.3 Å². The Morgan fingerprint density at radius 1 is 1.35 bits per heavy atom. The molecule has 37 heavy (non-hydrogen) atoms. The van der Waals surface area contributed by atoms with E-state index in [1.165, 1.54) is 23.2 Å². The number of hydrogen-bond donors (Lipinski definition) is 2. The van der Waals surface area contributed by atoms with E-state index >= 15 is 0 Å². The van der Waals surface area contributed by atoms with Crippen molar-refractivity contribution in [2.45, 2.75) is 38.0 Å². The molecule has 1 amide bonds. The summed E-state index contributed by atoms with van der Waals surface area (Å²) in [7, 11) is 1.42. The van der Waals surface area contributed by atoms with Crippen LogP contribution in [0.5, 0.6) is 5.88 Å². The molecular formula is C23H25F3N8O3. The van der Waals surface area contributed by atoms with Crippen molar-refractivity contribution < 1.29 is 27.8 Å². The SMILES string of the molecule is COc1nc(N[C@@H]2CCN(C(=O)CO)CC2(F)F)nn2ccc(-c3ccc4nnn(C[C@@H](C)F)c4c3)c12. The van der Waals surface area contributed by atoms with E-state index in [1.54, 1.807) is 18.3 Å². The minimum absolute atomic E-state index is 0.0569. The van der Waals surface area contributed by atoms with Crippen LogP contribution >= 0.6 is 0 Å². The third-order valence-electron chi connectivity index (χ3n) is 6.31. The second-order valence-corrected chi connectivity index (χ2v) is 8.94. The van der Waals surface area contributed by atoms with Crippen LogP contribution in [0.1, 0.15) is 13.3 Å². The van der Waals surface area contributed by atoms with Crippen LogP contribution in [0.15, 0.2) is 30.5 Å². The molecule has 0 radical (unpaired) electrons. The minimum atomic E-state index is -3.26. The number of amides is 1. The van der Waals surface area contributed by atoms with Gasteiger partial charge in [-0.05, 0) is 37.1 Å². The van der Waals surface area contributed by atoms with E-state index in [4.69, 9.17) is 9.84 Å². The van der Waals surface area contributed by atoms with Crippen molar-refractivity contribution in [1.29, 1.82) is 0 Å². The Morgan fingerprint density at radius 2 is 2.16 bits per heavy atom. The number of aromatic nitrogens is 6. The molecule has 1 saturated heterocycles. The molecule has 1 aromatic carbocycles. The fourth-order valence-corrected chi connectivity index (χ4v) is 4.52. The smallest absolute Gasteiger partial charge is 0.285 e. The average Bonchev–Trinajstić information content (AvgIpc) is 3.47. The normalized spacial score (nSPS) is 18.3. The summed E-state index contributed by atoms with van der Waals surface area (Å²) in [6, 6.07) is 5.92. The van der Waals surface area contributed by atoms with Crippen LogP contribution in [0.4, 0.5) is 19.1 Å². The van der Waals surface area contributed by atoms with Gasteiger partial charge in [0.15, 0.2) is 0 Å². The van der Waals surface area contributed by atoms with Gasteiger partial charge in [-0.15, -0.1) is 10.2 Å². The highest BCUT2D eigenvalue weighted by Gasteiger charge is 2.46. The first-order valence-corrected chi connectivity index (χ1v) is 11.6. The van der Waals surface area contributed by atoms with Gasteiger partial charge in [0.2, 0.25) is 17.7 Å². The lowest BCUT2D eigenvalue weighted by Crippen LogP contribution is -2.56. The average molecular weight is 519 g/mol. The summed E-state index contributed by atoms with van der Waals surface area (Å²) in [6.07, 6.45) is 0.501. The van der Waals surface area contributed by atoms with E-state index in [1.807, 2.05) is 12.1 Å². The van der Waals surface area contributed by atoms with E-state index in [9.17, 15) is 18.0 Å². The molecule has 1 aliphatic rings. The summed E-state index contributed by atoms with van der Waals surface area (Å²) in [5.41, 5.74) is 3.27. The fourth-order valence-electron chi connectivity index (χ4n) is 4.52. The van der Waals surface area contributed by atoms with Gasteiger partial charge in [0.1, 0.15) is 23.8 Å². The summed E-state index contributed by atoms with van der Waals surface area (Å²) in [5.74, 6) is -3.90. The Balaban J connectivity index is 1.46. The van der Waals surface area contributed by atoms with Gasteiger partial charge < -0.3 is 20.1 Å². The number of likely N-dealkylation sites (tertiary alicyclic amines) is 1. The molecule has 4 heterocycles. The van der Waals surface area contributed by atoms with Crippen LogP contribution in [0, 0.1) is 0 Å². The van der Waals surface area contributed by atoms with E-state index in [-0.39, 0.29) is 31.3 Å². The lowest BCUT2D eigenvalue weighted by molar-refractivity contribution is -0.145. The second-order valence-electron chi connectivity index (χ2n) is 8.94. The molecule has 0 spiro atoms. The Morgan fingerprint density at radius 3 is 2.86 bits per heavy atom. The van der Waals surface area contributed by atoms with Crippen LogP contribution in [0.25, 0.3) is 27.7 Å². The second kappa shape index (κ2) is 9.50. The van der Waals surface area contributed by atoms with Gasteiger partial charge in [-0.3, -0.25) is 4.79 Å². The minimum Gasteiger partial charge on any atom is -0.479 e. The van der Waals surface area contributed by atoms with Gasteiger partial charge in [-0.2, -0.15) is 4.98 Å². The molecule has 0 aliphatic carbocycles. The van der Waals surface area contributed by atoms with Crippen LogP contribution < -0.4 is 10.1 Å². The maximum absolute atomic E-state index is 14.8. The highest BCUT2D eigenvalue weighted by Crippen LogP contribution is 2.34. The summed E-state index contributed by atoms with van der Waals surface area (Å²) in [6.45, 7) is -0.0566. The zero-order valence-corrected chi connectivity index (χ0v) is 20.1.